The van der Waals surface area contributed by atoms with Crippen LogP contribution < -0.4 is 5.73 Å². The van der Waals surface area contributed by atoms with Crippen molar-refractivity contribution >= 4 is 27.5 Å². The summed E-state index contributed by atoms with van der Waals surface area (Å²) in [6.07, 6.45) is 7.38. The largest absolute Gasteiger partial charge is 0.382 e. The molecule has 0 amide bonds. The Morgan fingerprint density at radius 2 is 1.90 bits per heavy atom. The molecule has 0 bridgehead atoms. The highest BCUT2D eigenvalue weighted by molar-refractivity contribution is 9.10. The fourth-order valence-electron chi connectivity index (χ4n) is 4.49. The van der Waals surface area contributed by atoms with Crippen LogP contribution in [0.4, 0.5) is 0 Å². The molecule has 1 aromatic carbocycles. The second kappa shape index (κ2) is 4.42. The van der Waals surface area contributed by atoms with Gasteiger partial charge >= 0.3 is 0 Å². The first-order valence-corrected chi connectivity index (χ1v) is 8.57. The van der Waals surface area contributed by atoms with Crippen LogP contribution in [-0.2, 0) is 12.1 Å². The van der Waals surface area contributed by atoms with Crippen molar-refractivity contribution in [1.29, 1.82) is 0 Å². The van der Waals surface area contributed by atoms with Gasteiger partial charge in [-0.2, -0.15) is 0 Å². The molecule has 1 unspecified atom stereocenters. The van der Waals surface area contributed by atoms with Crippen molar-refractivity contribution in [3.8, 4) is 0 Å². The van der Waals surface area contributed by atoms with E-state index in [0.29, 0.717) is 5.84 Å². The molecule has 1 saturated carbocycles. The lowest BCUT2D eigenvalue weighted by Crippen LogP contribution is -2.41. The molecule has 110 valence electrons. The summed E-state index contributed by atoms with van der Waals surface area (Å²) >= 11 is 3.61. The molecule has 3 aliphatic rings. The van der Waals surface area contributed by atoms with E-state index >= 15 is 0 Å². The molecule has 2 N–H and O–H groups in total. The van der Waals surface area contributed by atoms with Gasteiger partial charge in [-0.1, -0.05) is 41.3 Å². The number of hydrogen-bond acceptors (Lipinski definition) is 3. The lowest BCUT2D eigenvalue weighted by atomic mass is 9.66. The van der Waals surface area contributed by atoms with E-state index in [9.17, 15) is 0 Å². The zero-order valence-corrected chi connectivity index (χ0v) is 13.9. The minimum Gasteiger partial charge on any atom is -0.382 e. The molecule has 4 heteroatoms. The Morgan fingerprint density at radius 3 is 2.57 bits per heavy atom. The van der Waals surface area contributed by atoms with E-state index in [1.807, 2.05) is 6.92 Å². The molecule has 1 heterocycles. The van der Waals surface area contributed by atoms with Crippen LogP contribution in [0.15, 0.2) is 32.7 Å². The molecular weight excluding hydrogens is 326 g/mol. The minimum absolute atomic E-state index is 0.136. The molecule has 3 nitrogen and oxygen atoms in total. The van der Waals surface area contributed by atoms with E-state index in [1.165, 1.54) is 43.2 Å². The van der Waals surface area contributed by atoms with Crippen LogP contribution in [0.25, 0.3) is 0 Å². The standard InChI is InChI=1S/C17H20BrN3/c1-11-15(19)21-17(20-11)14-9-13(18)6-5-12(14)10-16(17)7-3-2-4-8-16/h5-6,9H,2-4,7-8,10H2,1H3,(H2,19,21). The first-order valence-electron chi connectivity index (χ1n) is 7.77. The summed E-state index contributed by atoms with van der Waals surface area (Å²) in [6.45, 7) is 1.99. The van der Waals surface area contributed by atoms with Crippen molar-refractivity contribution < 1.29 is 0 Å². The fourth-order valence-corrected chi connectivity index (χ4v) is 4.85. The number of nitrogens with zero attached hydrogens (tertiary/aromatic N) is 2. The zero-order valence-electron chi connectivity index (χ0n) is 12.3. The van der Waals surface area contributed by atoms with Crippen LogP contribution in [0.2, 0.25) is 0 Å². The number of amidine groups is 1. The highest BCUT2D eigenvalue weighted by atomic mass is 79.9. The van der Waals surface area contributed by atoms with Gasteiger partial charge in [-0.15, -0.1) is 0 Å². The average Bonchev–Trinajstić information content (AvgIpc) is 2.90. The Bertz CT molecular complexity index is 651. The summed E-state index contributed by atoms with van der Waals surface area (Å²) < 4.78 is 1.10. The number of nitrogens with two attached hydrogens (primary N) is 1. The fraction of sp³-hybridized carbons (Fsp3) is 0.529. The Hall–Kier alpha value is -1.16. The van der Waals surface area contributed by atoms with Gasteiger partial charge in [-0.05, 0) is 43.9 Å². The van der Waals surface area contributed by atoms with Crippen LogP contribution in [0.5, 0.6) is 0 Å². The highest BCUT2D eigenvalue weighted by Gasteiger charge is 2.59. The van der Waals surface area contributed by atoms with Crippen molar-refractivity contribution in [2.45, 2.75) is 51.1 Å². The lowest BCUT2D eigenvalue weighted by Gasteiger charge is -2.42. The normalized spacial score (nSPS) is 29.6. The third-order valence-electron chi connectivity index (χ3n) is 5.51. The molecule has 1 aliphatic heterocycles. The molecule has 1 fully saturated rings. The topological polar surface area (TPSA) is 50.7 Å². The van der Waals surface area contributed by atoms with Crippen molar-refractivity contribution in [3.63, 3.8) is 0 Å². The molecule has 0 aromatic heterocycles. The van der Waals surface area contributed by atoms with E-state index in [1.54, 1.807) is 0 Å². The zero-order chi connectivity index (χ0) is 14.7. The van der Waals surface area contributed by atoms with Gasteiger partial charge in [0, 0.05) is 15.5 Å². The number of rotatable bonds is 0. The molecule has 1 atom stereocenters. The van der Waals surface area contributed by atoms with Crippen molar-refractivity contribution in [3.05, 3.63) is 33.8 Å². The third kappa shape index (κ3) is 1.71. The predicted octanol–water partition coefficient (Wildman–Crippen LogP) is 3.94. The summed E-state index contributed by atoms with van der Waals surface area (Å²) in [5.74, 6) is 0.618. The number of aliphatic imine (C=N–C) groups is 2. The summed E-state index contributed by atoms with van der Waals surface area (Å²) in [5.41, 5.74) is 9.36. The molecule has 2 spiro atoms. The summed E-state index contributed by atoms with van der Waals surface area (Å²) in [6, 6.07) is 6.57. The monoisotopic (exact) mass is 345 g/mol. The number of benzene rings is 1. The third-order valence-corrected chi connectivity index (χ3v) is 6.00. The van der Waals surface area contributed by atoms with Crippen molar-refractivity contribution in [2.24, 2.45) is 21.1 Å². The second-order valence-corrected chi connectivity index (χ2v) is 7.60. The number of hydrogen-bond donors (Lipinski definition) is 1. The first-order chi connectivity index (χ1) is 10.1. The minimum atomic E-state index is -0.458. The molecule has 0 radical (unpaired) electrons. The number of fused-ring (bicyclic) bond motifs is 3. The summed E-state index contributed by atoms with van der Waals surface area (Å²) in [7, 11) is 0. The van der Waals surface area contributed by atoms with Gasteiger partial charge in [0.2, 0.25) is 0 Å². The molecule has 4 rings (SSSR count). The van der Waals surface area contributed by atoms with E-state index in [-0.39, 0.29) is 5.41 Å². The maximum atomic E-state index is 6.13. The van der Waals surface area contributed by atoms with Gasteiger partial charge in [0.1, 0.15) is 5.84 Å². The lowest BCUT2D eigenvalue weighted by molar-refractivity contribution is 0.0932. The van der Waals surface area contributed by atoms with Crippen LogP contribution in [0.3, 0.4) is 0 Å². The van der Waals surface area contributed by atoms with Gasteiger partial charge in [-0.25, -0.2) is 4.99 Å². The Labute approximate surface area is 133 Å². The van der Waals surface area contributed by atoms with Crippen molar-refractivity contribution in [2.75, 3.05) is 0 Å². The van der Waals surface area contributed by atoms with Crippen LogP contribution in [-0.4, -0.2) is 11.5 Å². The maximum absolute atomic E-state index is 6.13. The smallest absolute Gasteiger partial charge is 0.184 e. The van der Waals surface area contributed by atoms with Gasteiger partial charge in [0.05, 0.1) is 5.71 Å². The van der Waals surface area contributed by atoms with Gasteiger partial charge in [-0.3, -0.25) is 4.99 Å². The number of halogens is 1. The van der Waals surface area contributed by atoms with E-state index in [2.05, 4.69) is 34.1 Å². The molecule has 0 saturated heterocycles. The predicted molar refractivity (Wildman–Crippen MR) is 89.8 cm³/mol. The summed E-state index contributed by atoms with van der Waals surface area (Å²) in [5, 5.41) is 0. The van der Waals surface area contributed by atoms with E-state index in [0.717, 1.165) is 16.6 Å². The molecule has 21 heavy (non-hydrogen) atoms. The average molecular weight is 346 g/mol. The second-order valence-electron chi connectivity index (χ2n) is 6.69. The first kappa shape index (κ1) is 13.5. The Kier molecular flexibility index (Phi) is 2.84. The van der Waals surface area contributed by atoms with Gasteiger partial charge < -0.3 is 5.73 Å². The highest BCUT2D eigenvalue weighted by Crippen LogP contribution is 2.61. The van der Waals surface area contributed by atoms with Gasteiger partial charge in [0.15, 0.2) is 5.66 Å². The molecule has 2 aliphatic carbocycles. The van der Waals surface area contributed by atoms with Crippen molar-refractivity contribution in [1.82, 2.24) is 0 Å². The van der Waals surface area contributed by atoms with Gasteiger partial charge in [0.25, 0.3) is 0 Å². The summed E-state index contributed by atoms with van der Waals surface area (Å²) in [4.78, 5) is 9.96. The van der Waals surface area contributed by atoms with E-state index in [4.69, 9.17) is 15.7 Å². The van der Waals surface area contributed by atoms with Crippen LogP contribution in [0, 0.1) is 5.41 Å². The quantitative estimate of drug-likeness (QED) is 0.760. The van der Waals surface area contributed by atoms with Crippen LogP contribution >= 0.6 is 15.9 Å². The van der Waals surface area contributed by atoms with Crippen LogP contribution in [0.1, 0.15) is 50.2 Å². The SMILES string of the molecule is CC1=NC2(N=C1N)c1cc(Br)ccc1CC21CCCCC1. The maximum Gasteiger partial charge on any atom is 0.184 e. The molecule has 1 aromatic rings. The Balaban J connectivity index is 1.97. The van der Waals surface area contributed by atoms with E-state index < -0.39 is 5.66 Å². The molecular formula is C17H20BrN3. The Morgan fingerprint density at radius 1 is 1.14 bits per heavy atom.